The third-order valence-corrected chi connectivity index (χ3v) is 3.81. The molecule has 1 amide bonds. The summed E-state index contributed by atoms with van der Waals surface area (Å²) in [7, 11) is 2.93. The Morgan fingerprint density at radius 2 is 1.92 bits per heavy atom. The van der Waals surface area contributed by atoms with E-state index in [1.165, 1.54) is 11.8 Å². The maximum Gasteiger partial charge on any atom is 0.337 e. The molecule has 0 saturated carbocycles. The van der Waals surface area contributed by atoms with Crippen LogP contribution in [0.5, 0.6) is 0 Å². The van der Waals surface area contributed by atoms with Crippen molar-refractivity contribution in [3.63, 3.8) is 0 Å². The predicted molar refractivity (Wildman–Crippen MR) is 94.4 cm³/mol. The first-order valence-electron chi connectivity index (χ1n) is 6.83. The van der Waals surface area contributed by atoms with Crippen LogP contribution < -0.4 is 10.6 Å². The smallest absolute Gasteiger partial charge is 0.337 e. The maximum absolute atomic E-state index is 12.2. The summed E-state index contributed by atoms with van der Waals surface area (Å²) < 4.78 is 6.01. The third-order valence-electron chi connectivity index (χ3n) is 3.16. The van der Waals surface area contributed by atoms with Gasteiger partial charge in [0.1, 0.15) is 5.69 Å². The van der Waals surface area contributed by atoms with Crippen LogP contribution in [-0.4, -0.2) is 33.9 Å². The fourth-order valence-electron chi connectivity index (χ4n) is 2.01. The molecule has 0 bridgehead atoms. The van der Waals surface area contributed by atoms with E-state index in [2.05, 4.69) is 20.5 Å². The summed E-state index contributed by atoms with van der Waals surface area (Å²) in [4.78, 5) is 23.6. The lowest BCUT2D eigenvalue weighted by atomic mass is 10.2. The van der Waals surface area contributed by atoms with E-state index in [0.717, 1.165) is 0 Å². The number of esters is 1. The van der Waals surface area contributed by atoms with Gasteiger partial charge in [0.15, 0.2) is 5.11 Å². The Labute approximate surface area is 148 Å². The van der Waals surface area contributed by atoms with Gasteiger partial charge in [-0.1, -0.05) is 11.6 Å². The highest BCUT2D eigenvalue weighted by molar-refractivity contribution is 7.80. The second-order valence-corrected chi connectivity index (χ2v) is 5.63. The van der Waals surface area contributed by atoms with Gasteiger partial charge >= 0.3 is 5.97 Å². The van der Waals surface area contributed by atoms with Gasteiger partial charge in [0.2, 0.25) is 0 Å². The van der Waals surface area contributed by atoms with Gasteiger partial charge in [-0.2, -0.15) is 5.10 Å². The molecule has 2 aromatic rings. The molecule has 24 heavy (non-hydrogen) atoms. The number of aryl methyl sites for hydroxylation is 2. The Morgan fingerprint density at radius 3 is 2.42 bits per heavy atom. The molecular weight excluding hydrogens is 352 g/mol. The van der Waals surface area contributed by atoms with Crippen molar-refractivity contribution < 1.29 is 14.3 Å². The molecule has 0 radical (unpaired) electrons. The summed E-state index contributed by atoms with van der Waals surface area (Å²) in [5, 5.41) is 9.83. The Hall–Kier alpha value is -2.45. The SMILES string of the molecule is COC(=O)c1ccc(NC(=S)NC(=O)c2c(Cl)c(C)nn2C)cc1. The molecule has 7 nitrogen and oxygen atoms in total. The van der Waals surface area contributed by atoms with Gasteiger partial charge in [-0.3, -0.25) is 14.8 Å². The normalized spacial score (nSPS) is 10.2. The fourth-order valence-corrected chi connectivity index (χ4v) is 2.47. The Morgan fingerprint density at radius 1 is 1.29 bits per heavy atom. The summed E-state index contributed by atoms with van der Waals surface area (Å²) >= 11 is 11.2. The summed E-state index contributed by atoms with van der Waals surface area (Å²) in [6, 6.07) is 6.46. The van der Waals surface area contributed by atoms with Crippen molar-refractivity contribution in [1.29, 1.82) is 0 Å². The van der Waals surface area contributed by atoms with Crippen molar-refractivity contribution in [3.05, 3.63) is 46.2 Å². The quantitative estimate of drug-likeness (QED) is 0.640. The number of nitrogens with one attached hydrogen (secondary N) is 2. The number of aromatic nitrogens is 2. The third kappa shape index (κ3) is 3.90. The van der Waals surface area contributed by atoms with Gasteiger partial charge in [0, 0.05) is 12.7 Å². The second kappa shape index (κ2) is 7.41. The van der Waals surface area contributed by atoms with E-state index in [1.54, 1.807) is 38.2 Å². The predicted octanol–water partition coefficient (Wildman–Crippen LogP) is 2.30. The van der Waals surface area contributed by atoms with E-state index in [4.69, 9.17) is 23.8 Å². The maximum atomic E-state index is 12.2. The lowest BCUT2D eigenvalue weighted by Gasteiger charge is -2.10. The van der Waals surface area contributed by atoms with E-state index >= 15 is 0 Å². The molecule has 9 heteroatoms. The molecule has 2 N–H and O–H groups in total. The number of ether oxygens (including phenoxy) is 1. The molecule has 0 aliphatic carbocycles. The summed E-state index contributed by atoms with van der Waals surface area (Å²) in [5.41, 5.74) is 1.80. The van der Waals surface area contributed by atoms with Gasteiger partial charge < -0.3 is 10.1 Å². The molecule has 0 fully saturated rings. The number of thiocarbonyl (C=S) groups is 1. The van der Waals surface area contributed by atoms with Gasteiger partial charge in [0.25, 0.3) is 5.91 Å². The molecule has 126 valence electrons. The molecule has 0 unspecified atom stereocenters. The summed E-state index contributed by atoms with van der Waals surface area (Å²) in [5.74, 6) is -0.898. The molecule has 0 saturated heterocycles. The van der Waals surface area contributed by atoms with Crippen LogP contribution >= 0.6 is 23.8 Å². The van der Waals surface area contributed by atoms with Crippen LogP contribution in [0.25, 0.3) is 0 Å². The number of nitrogens with zero attached hydrogens (tertiary/aromatic N) is 2. The van der Waals surface area contributed by atoms with E-state index in [-0.39, 0.29) is 15.8 Å². The minimum Gasteiger partial charge on any atom is -0.465 e. The molecule has 0 spiro atoms. The average molecular weight is 367 g/mol. The van der Waals surface area contributed by atoms with Crippen molar-refractivity contribution in [2.45, 2.75) is 6.92 Å². The van der Waals surface area contributed by atoms with Crippen LogP contribution in [0.2, 0.25) is 5.02 Å². The number of rotatable bonds is 3. The average Bonchev–Trinajstić information content (AvgIpc) is 2.79. The van der Waals surface area contributed by atoms with Crippen molar-refractivity contribution in [3.8, 4) is 0 Å². The zero-order chi connectivity index (χ0) is 17.9. The molecule has 1 aromatic heterocycles. The molecule has 2 rings (SSSR count). The number of hydrogen-bond donors (Lipinski definition) is 2. The van der Waals surface area contributed by atoms with Crippen LogP contribution in [0.1, 0.15) is 26.5 Å². The number of halogens is 1. The van der Waals surface area contributed by atoms with Crippen LogP contribution in [0.15, 0.2) is 24.3 Å². The van der Waals surface area contributed by atoms with E-state index < -0.39 is 11.9 Å². The first kappa shape index (κ1) is 17.9. The molecule has 0 aliphatic rings. The first-order chi connectivity index (χ1) is 11.3. The monoisotopic (exact) mass is 366 g/mol. The first-order valence-corrected chi connectivity index (χ1v) is 7.62. The van der Waals surface area contributed by atoms with Gasteiger partial charge in [-0.05, 0) is 43.4 Å². The number of hydrogen-bond acceptors (Lipinski definition) is 5. The highest BCUT2D eigenvalue weighted by atomic mass is 35.5. The Kier molecular flexibility index (Phi) is 5.53. The summed E-state index contributed by atoms with van der Waals surface area (Å²) in [6.45, 7) is 1.71. The number of methoxy groups -OCH3 is 1. The Bertz CT molecular complexity index is 802. The van der Waals surface area contributed by atoms with E-state index in [1.807, 2.05) is 0 Å². The number of amides is 1. The molecule has 1 heterocycles. The topological polar surface area (TPSA) is 85.2 Å². The zero-order valence-electron chi connectivity index (χ0n) is 13.2. The lowest BCUT2D eigenvalue weighted by Crippen LogP contribution is -2.35. The number of carbonyl (C=O) groups excluding carboxylic acids is 2. The van der Waals surface area contributed by atoms with Gasteiger partial charge in [-0.25, -0.2) is 4.79 Å². The zero-order valence-corrected chi connectivity index (χ0v) is 14.8. The van der Waals surface area contributed by atoms with Crippen molar-refractivity contribution in [2.24, 2.45) is 7.05 Å². The van der Waals surface area contributed by atoms with Crippen molar-refractivity contribution >= 4 is 46.5 Å². The highest BCUT2D eigenvalue weighted by Gasteiger charge is 2.19. The van der Waals surface area contributed by atoms with Crippen LogP contribution in [0.3, 0.4) is 0 Å². The largest absolute Gasteiger partial charge is 0.465 e. The molecule has 0 atom stereocenters. The standard InChI is InChI=1S/C15H15ClN4O3S/c1-8-11(16)12(20(2)19-8)13(21)18-15(24)17-10-6-4-9(5-7-10)14(22)23-3/h4-7H,1-3H3,(H2,17,18,21,24). The van der Waals surface area contributed by atoms with Gasteiger partial charge in [-0.15, -0.1) is 0 Å². The van der Waals surface area contributed by atoms with Crippen LogP contribution in [-0.2, 0) is 11.8 Å². The molecular formula is C15H15ClN4O3S. The van der Waals surface area contributed by atoms with Crippen molar-refractivity contribution in [1.82, 2.24) is 15.1 Å². The fraction of sp³-hybridized carbons (Fsp3) is 0.200. The minimum absolute atomic E-state index is 0.0979. The molecule has 1 aromatic carbocycles. The Balaban J connectivity index is 2.03. The number of carbonyl (C=O) groups is 2. The highest BCUT2D eigenvalue weighted by Crippen LogP contribution is 2.19. The minimum atomic E-state index is -0.466. The van der Waals surface area contributed by atoms with E-state index in [0.29, 0.717) is 16.9 Å². The van der Waals surface area contributed by atoms with Crippen LogP contribution in [0, 0.1) is 6.92 Å². The molecule has 0 aliphatic heterocycles. The second-order valence-electron chi connectivity index (χ2n) is 4.85. The van der Waals surface area contributed by atoms with Gasteiger partial charge in [0.05, 0.1) is 23.4 Å². The lowest BCUT2D eigenvalue weighted by molar-refractivity contribution is 0.0600. The number of benzene rings is 1. The number of anilines is 1. The van der Waals surface area contributed by atoms with Crippen molar-refractivity contribution in [2.75, 3.05) is 12.4 Å². The van der Waals surface area contributed by atoms with E-state index in [9.17, 15) is 9.59 Å². The van der Waals surface area contributed by atoms with Crippen LogP contribution in [0.4, 0.5) is 5.69 Å². The summed E-state index contributed by atoms with van der Waals surface area (Å²) in [6.07, 6.45) is 0.